The molecule has 4 atom stereocenters. The molecule has 1 spiro atoms. The largest absolute Gasteiger partial charge is 0.466 e. The number of carbonyl (C=O) groups excluding carboxylic acids is 2. The summed E-state index contributed by atoms with van der Waals surface area (Å²) in [5, 5.41) is 0. The van der Waals surface area contributed by atoms with Crippen molar-refractivity contribution in [3.63, 3.8) is 0 Å². The van der Waals surface area contributed by atoms with Crippen molar-refractivity contribution in [3.8, 4) is 0 Å². The molecule has 3 aliphatic carbocycles. The van der Waals surface area contributed by atoms with E-state index in [-0.39, 0.29) is 28.6 Å². The van der Waals surface area contributed by atoms with Crippen LogP contribution in [0.5, 0.6) is 0 Å². The highest BCUT2D eigenvalue weighted by molar-refractivity contribution is 5.93. The Hall–Kier alpha value is -0.860. The van der Waals surface area contributed by atoms with Crippen molar-refractivity contribution in [1.29, 1.82) is 0 Å². The predicted octanol–water partition coefficient (Wildman–Crippen LogP) is 1.94. The summed E-state index contributed by atoms with van der Waals surface area (Å²) in [6, 6.07) is 0. The van der Waals surface area contributed by atoms with Crippen molar-refractivity contribution in [1.82, 2.24) is 0 Å². The van der Waals surface area contributed by atoms with Gasteiger partial charge in [0.15, 0.2) is 0 Å². The second kappa shape index (κ2) is 2.88. The van der Waals surface area contributed by atoms with Crippen molar-refractivity contribution in [3.05, 3.63) is 0 Å². The normalized spacial score (nSPS) is 48.8. The Morgan fingerprint density at radius 2 is 2.25 bits per heavy atom. The molecule has 1 unspecified atom stereocenters. The van der Waals surface area contributed by atoms with Crippen LogP contribution in [-0.2, 0) is 14.3 Å². The van der Waals surface area contributed by atoms with Crippen LogP contribution in [0.4, 0.5) is 0 Å². The van der Waals surface area contributed by atoms with Gasteiger partial charge in [-0.1, -0.05) is 6.92 Å². The summed E-state index contributed by atoms with van der Waals surface area (Å²) >= 11 is 0. The van der Waals surface area contributed by atoms with Crippen LogP contribution < -0.4 is 0 Å². The fourth-order valence-electron chi connectivity index (χ4n) is 4.53. The smallest absolute Gasteiger partial charge is 0.309 e. The molecule has 0 aromatic heterocycles. The lowest BCUT2D eigenvalue weighted by molar-refractivity contribution is -0.230. The monoisotopic (exact) mass is 222 g/mol. The van der Waals surface area contributed by atoms with Crippen LogP contribution in [0.1, 0.15) is 39.5 Å². The second-order valence-electron chi connectivity index (χ2n) is 5.83. The number of hydrogen-bond acceptors (Lipinski definition) is 3. The Bertz CT molecular complexity index is 375. The molecule has 3 nitrogen and oxygen atoms in total. The van der Waals surface area contributed by atoms with Gasteiger partial charge in [0.05, 0.1) is 12.5 Å². The van der Waals surface area contributed by atoms with Gasteiger partial charge in [-0.3, -0.25) is 9.59 Å². The third-order valence-electron chi connectivity index (χ3n) is 5.48. The van der Waals surface area contributed by atoms with Gasteiger partial charge in [0.1, 0.15) is 5.78 Å². The van der Waals surface area contributed by atoms with Crippen LogP contribution in [0.15, 0.2) is 0 Å². The summed E-state index contributed by atoms with van der Waals surface area (Å²) in [6.45, 7) is 4.48. The molecule has 0 saturated heterocycles. The first-order valence-corrected chi connectivity index (χ1v) is 6.24. The number of Topliss-reactive ketones (excluding diaryl/α,β-unsaturated/α-hetero) is 1. The number of ether oxygens (including phenoxy) is 1. The standard InChI is InChI=1S/C13H18O3/c1-3-16-11(15)8-6-10(14)9-7-12(2)4-5-13(8,9)12/h8-9H,3-7H2,1-2H3/t8?,9-,12+,13+/m0/s1. The quantitative estimate of drug-likeness (QED) is 0.671. The molecule has 16 heavy (non-hydrogen) atoms. The zero-order valence-corrected chi connectivity index (χ0v) is 9.91. The molecule has 3 fully saturated rings. The molecule has 0 aliphatic heterocycles. The molecule has 88 valence electrons. The Morgan fingerprint density at radius 3 is 2.75 bits per heavy atom. The van der Waals surface area contributed by atoms with Gasteiger partial charge in [-0.25, -0.2) is 0 Å². The average molecular weight is 222 g/mol. The van der Waals surface area contributed by atoms with Crippen LogP contribution >= 0.6 is 0 Å². The van der Waals surface area contributed by atoms with Gasteiger partial charge in [-0.05, 0) is 37.0 Å². The first kappa shape index (κ1) is 10.3. The molecule has 0 bridgehead atoms. The van der Waals surface area contributed by atoms with E-state index in [4.69, 9.17) is 4.74 Å². The summed E-state index contributed by atoms with van der Waals surface area (Å²) < 4.78 is 5.13. The van der Waals surface area contributed by atoms with Crippen molar-refractivity contribution in [2.75, 3.05) is 6.61 Å². The summed E-state index contributed by atoms with van der Waals surface area (Å²) in [4.78, 5) is 23.8. The minimum Gasteiger partial charge on any atom is -0.466 e. The molecule has 0 aromatic rings. The number of ketones is 1. The average Bonchev–Trinajstić information content (AvgIpc) is 2.52. The third kappa shape index (κ3) is 0.871. The van der Waals surface area contributed by atoms with Gasteiger partial charge in [0, 0.05) is 12.3 Å². The van der Waals surface area contributed by atoms with E-state index >= 15 is 0 Å². The van der Waals surface area contributed by atoms with E-state index < -0.39 is 0 Å². The highest BCUT2D eigenvalue weighted by Gasteiger charge is 2.77. The topological polar surface area (TPSA) is 43.4 Å². The first-order chi connectivity index (χ1) is 7.55. The number of esters is 1. The van der Waals surface area contributed by atoms with Gasteiger partial charge >= 0.3 is 5.97 Å². The van der Waals surface area contributed by atoms with Crippen molar-refractivity contribution in [2.24, 2.45) is 22.7 Å². The van der Waals surface area contributed by atoms with Crippen molar-refractivity contribution < 1.29 is 14.3 Å². The maximum Gasteiger partial charge on any atom is 0.309 e. The summed E-state index contributed by atoms with van der Waals surface area (Å²) in [6.07, 6.45) is 3.65. The molecule has 0 N–H and O–H groups in total. The third-order valence-corrected chi connectivity index (χ3v) is 5.48. The molecule has 3 saturated carbocycles. The zero-order chi connectivity index (χ0) is 11.6. The van der Waals surface area contributed by atoms with Gasteiger partial charge in [0.25, 0.3) is 0 Å². The maximum absolute atomic E-state index is 11.9. The lowest BCUT2D eigenvalue weighted by Crippen LogP contribution is -2.66. The highest BCUT2D eigenvalue weighted by Crippen LogP contribution is 2.79. The predicted molar refractivity (Wildman–Crippen MR) is 57.6 cm³/mol. The van der Waals surface area contributed by atoms with Gasteiger partial charge < -0.3 is 4.74 Å². The van der Waals surface area contributed by atoms with Crippen molar-refractivity contribution >= 4 is 11.8 Å². The van der Waals surface area contributed by atoms with Crippen LogP contribution in [0.25, 0.3) is 0 Å². The summed E-state index contributed by atoms with van der Waals surface area (Å²) in [5.41, 5.74) is 0.248. The van der Waals surface area contributed by atoms with Gasteiger partial charge in [-0.15, -0.1) is 0 Å². The molecule has 0 heterocycles. The lowest BCUT2D eigenvalue weighted by atomic mass is 9.33. The Labute approximate surface area is 95.5 Å². The molecule has 3 aliphatic rings. The Morgan fingerprint density at radius 1 is 1.50 bits per heavy atom. The lowest BCUT2D eigenvalue weighted by Gasteiger charge is -2.70. The van der Waals surface area contributed by atoms with Crippen LogP contribution in [0, 0.1) is 22.7 Å². The minimum absolute atomic E-state index is 0.00363. The molecule has 3 heteroatoms. The Kier molecular flexibility index (Phi) is 1.85. The highest BCUT2D eigenvalue weighted by atomic mass is 16.5. The number of hydrogen-bond donors (Lipinski definition) is 0. The Balaban J connectivity index is 1.90. The minimum atomic E-state index is -0.141. The first-order valence-electron chi connectivity index (χ1n) is 6.24. The van der Waals surface area contributed by atoms with E-state index in [2.05, 4.69) is 6.92 Å². The van der Waals surface area contributed by atoms with E-state index in [1.165, 1.54) is 6.42 Å². The van der Waals surface area contributed by atoms with Crippen molar-refractivity contribution in [2.45, 2.75) is 39.5 Å². The second-order valence-corrected chi connectivity index (χ2v) is 5.83. The van der Waals surface area contributed by atoms with E-state index in [0.717, 1.165) is 12.8 Å². The molecule has 0 aromatic carbocycles. The van der Waals surface area contributed by atoms with Crippen LogP contribution in [0.3, 0.4) is 0 Å². The molecule has 0 radical (unpaired) electrons. The SMILES string of the molecule is CCOC(=O)C1CC(=O)[C@@H]2C[C@@]3(C)CC[C@@]123. The van der Waals surface area contributed by atoms with Crippen LogP contribution in [-0.4, -0.2) is 18.4 Å². The van der Waals surface area contributed by atoms with Gasteiger partial charge in [0.2, 0.25) is 0 Å². The zero-order valence-electron chi connectivity index (χ0n) is 9.91. The molecule has 3 rings (SSSR count). The van der Waals surface area contributed by atoms with E-state index in [1.807, 2.05) is 6.92 Å². The summed E-state index contributed by atoms with van der Waals surface area (Å²) in [7, 11) is 0. The van der Waals surface area contributed by atoms with Gasteiger partial charge in [-0.2, -0.15) is 0 Å². The number of rotatable bonds is 2. The number of carbonyl (C=O) groups is 2. The molecular weight excluding hydrogens is 204 g/mol. The molecule has 0 amide bonds. The fraction of sp³-hybridized carbons (Fsp3) is 0.846. The fourth-order valence-corrected chi connectivity index (χ4v) is 4.53. The molecular formula is C13H18O3. The van der Waals surface area contributed by atoms with Crippen LogP contribution in [0.2, 0.25) is 0 Å². The maximum atomic E-state index is 11.9. The summed E-state index contributed by atoms with van der Waals surface area (Å²) in [5.74, 6) is 0.192. The van der Waals surface area contributed by atoms with E-state index in [9.17, 15) is 9.59 Å². The van der Waals surface area contributed by atoms with E-state index in [0.29, 0.717) is 18.8 Å². The van der Waals surface area contributed by atoms with E-state index in [1.54, 1.807) is 0 Å².